The highest BCUT2D eigenvalue weighted by Gasteiger charge is 2.19. The van der Waals surface area contributed by atoms with E-state index in [1.807, 2.05) is 0 Å². The number of carbonyl (C=O) groups excluding carboxylic acids is 3. The van der Waals surface area contributed by atoms with Gasteiger partial charge in [0, 0.05) is 19.3 Å². The molecule has 0 bridgehead atoms. The van der Waals surface area contributed by atoms with Crippen LogP contribution in [0.5, 0.6) is 0 Å². The van der Waals surface area contributed by atoms with Gasteiger partial charge in [-0.05, 0) is 70.6 Å². The number of allylic oxidation sites excluding steroid dienone is 12. The van der Waals surface area contributed by atoms with E-state index in [4.69, 9.17) is 14.2 Å². The number of carbonyl (C=O) groups is 3. The molecule has 0 amide bonds. The average molecular weight is 1120 g/mol. The Bertz CT molecular complexity index is 1470. The molecule has 0 saturated heterocycles. The molecule has 6 nitrogen and oxygen atoms in total. The number of esters is 3. The zero-order valence-corrected chi connectivity index (χ0v) is 53.3. The Labute approximate surface area is 497 Å². The first kappa shape index (κ1) is 76.9. The Morgan fingerprint density at radius 2 is 0.487 bits per heavy atom. The molecule has 0 radical (unpaired) electrons. The fourth-order valence-electron chi connectivity index (χ4n) is 10.3. The quantitative estimate of drug-likeness (QED) is 0.0261. The molecule has 464 valence electrons. The van der Waals surface area contributed by atoms with E-state index in [9.17, 15) is 14.4 Å². The third kappa shape index (κ3) is 65.7. The first-order chi connectivity index (χ1) is 39.5. The maximum Gasteiger partial charge on any atom is 0.306 e. The van der Waals surface area contributed by atoms with Crippen LogP contribution in [-0.4, -0.2) is 37.2 Å². The van der Waals surface area contributed by atoms with Crippen LogP contribution in [0.3, 0.4) is 0 Å². The summed E-state index contributed by atoms with van der Waals surface area (Å²) in [5.74, 6) is -0.859. The maximum absolute atomic E-state index is 12.9. The summed E-state index contributed by atoms with van der Waals surface area (Å²) in [6.45, 7) is 6.57. The van der Waals surface area contributed by atoms with Crippen molar-refractivity contribution < 1.29 is 28.6 Å². The predicted molar refractivity (Wildman–Crippen MR) is 348 cm³/mol. The molecule has 1 unspecified atom stereocenters. The molecule has 0 fully saturated rings. The lowest BCUT2D eigenvalue weighted by Gasteiger charge is -2.18. The smallest absolute Gasteiger partial charge is 0.306 e. The summed E-state index contributed by atoms with van der Waals surface area (Å²) in [6.07, 6.45) is 89.3. The van der Waals surface area contributed by atoms with Crippen molar-refractivity contribution in [2.45, 2.75) is 367 Å². The zero-order chi connectivity index (χ0) is 57.8. The standard InChI is InChI=1S/C74H132O6/c1-4-7-10-13-16-19-22-25-27-29-31-33-35-36-37-38-40-41-43-45-47-49-52-55-58-61-64-67-73(76)79-70-71(69-78-72(75)66-63-60-57-54-51-24-21-18-15-12-9-6-3)80-74(77)68-65-62-59-56-53-50-48-46-44-42-39-34-32-30-28-26-23-20-17-14-11-8-5-2/h7,10,16,19,25,27,31,33,36-37,40-41,71H,4-6,8-9,11-15,17-18,20-24,26,28-30,32,34-35,38-39,42-70H2,1-3H3/b10-7-,19-16-,27-25-,33-31-,37-36-,41-40-. The second-order valence-electron chi connectivity index (χ2n) is 23.4. The van der Waals surface area contributed by atoms with Gasteiger partial charge in [-0.1, -0.05) is 344 Å². The Morgan fingerprint density at radius 1 is 0.263 bits per heavy atom. The highest BCUT2D eigenvalue weighted by molar-refractivity contribution is 5.71. The minimum absolute atomic E-state index is 0.0725. The first-order valence-corrected chi connectivity index (χ1v) is 34.9. The van der Waals surface area contributed by atoms with Gasteiger partial charge in [0.05, 0.1) is 0 Å². The summed E-state index contributed by atoms with van der Waals surface area (Å²) in [4.78, 5) is 38.4. The lowest BCUT2D eigenvalue weighted by Crippen LogP contribution is -2.30. The van der Waals surface area contributed by atoms with E-state index < -0.39 is 6.10 Å². The zero-order valence-electron chi connectivity index (χ0n) is 53.3. The monoisotopic (exact) mass is 1120 g/mol. The van der Waals surface area contributed by atoms with Crippen LogP contribution in [0.15, 0.2) is 72.9 Å². The van der Waals surface area contributed by atoms with E-state index in [-0.39, 0.29) is 31.1 Å². The molecule has 0 aliphatic heterocycles. The third-order valence-corrected chi connectivity index (χ3v) is 15.5. The minimum Gasteiger partial charge on any atom is -0.462 e. The fourth-order valence-corrected chi connectivity index (χ4v) is 10.3. The summed E-state index contributed by atoms with van der Waals surface area (Å²) < 4.78 is 17.0. The molecule has 0 spiro atoms. The van der Waals surface area contributed by atoms with Crippen LogP contribution < -0.4 is 0 Å². The Hall–Kier alpha value is -3.15. The van der Waals surface area contributed by atoms with Gasteiger partial charge in [-0.25, -0.2) is 0 Å². The Morgan fingerprint density at radius 3 is 0.762 bits per heavy atom. The third-order valence-electron chi connectivity index (χ3n) is 15.5. The van der Waals surface area contributed by atoms with Crippen molar-refractivity contribution in [1.82, 2.24) is 0 Å². The van der Waals surface area contributed by atoms with E-state index in [0.29, 0.717) is 19.3 Å². The summed E-state index contributed by atoms with van der Waals surface area (Å²) in [5, 5.41) is 0. The van der Waals surface area contributed by atoms with Crippen LogP contribution in [-0.2, 0) is 28.6 Å². The van der Waals surface area contributed by atoms with Crippen molar-refractivity contribution in [3.05, 3.63) is 72.9 Å². The lowest BCUT2D eigenvalue weighted by molar-refractivity contribution is -0.167. The summed E-state index contributed by atoms with van der Waals surface area (Å²) in [7, 11) is 0. The second kappa shape index (κ2) is 68.3. The lowest BCUT2D eigenvalue weighted by atomic mass is 10.0. The van der Waals surface area contributed by atoms with Crippen LogP contribution in [0.2, 0.25) is 0 Å². The van der Waals surface area contributed by atoms with Gasteiger partial charge in [0.2, 0.25) is 0 Å². The number of hydrogen-bond donors (Lipinski definition) is 0. The first-order valence-electron chi connectivity index (χ1n) is 34.9. The molecule has 0 aliphatic carbocycles. The molecule has 0 heterocycles. The molecule has 0 aromatic carbocycles. The van der Waals surface area contributed by atoms with Crippen molar-refractivity contribution in [2.24, 2.45) is 0 Å². The molecule has 0 N–H and O–H groups in total. The van der Waals surface area contributed by atoms with Gasteiger partial charge in [0.25, 0.3) is 0 Å². The second-order valence-corrected chi connectivity index (χ2v) is 23.4. The van der Waals surface area contributed by atoms with E-state index >= 15 is 0 Å². The topological polar surface area (TPSA) is 78.9 Å². The molecule has 80 heavy (non-hydrogen) atoms. The van der Waals surface area contributed by atoms with Crippen molar-refractivity contribution in [3.8, 4) is 0 Å². The molecule has 0 saturated carbocycles. The van der Waals surface area contributed by atoms with E-state index in [1.54, 1.807) is 0 Å². The van der Waals surface area contributed by atoms with Crippen molar-refractivity contribution in [1.29, 1.82) is 0 Å². The number of rotatable bonds is 64. The normalized spacial score (nSPS) is 12.5. The van der Waals surface area contributed by atoms with Crippen LogP contribution in [0, 0.1) is 0 Å². The molecule has 0 rings (SSSR count). The predicted octanol–water partition coefficient (Wildman–Crippen LogP) is 24.1. The van der Waals surface area contributed by atoms with Crippen LogP contribution in [0.1, 0.15) is 361 Å². The summed E-state index contributed by atoms with van der Waals surface area (Å²) in [6, 6.07) is 0. The molecular formula is C74H132O6. The molecule has 0 aliphatic rings. The highest BCUT2D eigenvalue weighted by Crippen LogP contribution is 2.18. The van der Waals surface area contributed by atoms with Gasteiger partial charge in [0.15, 0.2) is 6.10 Å². The largest absolute Gasteiger partial charge is 0.462 e. The molecule has 0 aromatic heterocycles. The minimum atomic E-state index is -0.777. The molecule has 1 atom stereocenters. The summed E-state index contributed by atoms with van der Waals surface area (Å²) >= 11 is 0. The number of hydrogen-bond acceptors (Lipinski definition) is 6. The van der Waals surface area contributed by atoms with Crippen LogP contribution in [0.25, 0.3) is 0 Å². The average Bonchev–Trinajstić information content (AvgIpc) is 3.46. The highest BCUT2D eigenvalue weighted by atomic mass is 16.6. The van der Waals surface area contributed by atoms with E-state index in [2.05, 4.69) is 93.7 Å². The maximum atomic E-state index is 12.9. The number of ether oxygens (including phenoxy) is 3. The Kier molecular flexibility index (Phi) is 65.7. The summed E-state index contributed by atoms with van der Waals surface area (Å²) in [5.41, 5.74) is 0. The van der Waals surface area contributed by atoms with Crippen molar-refractivity contribution >= 4 is 17.9 Å². The molecule has 0 aromatic rings. The van der Waals surface area contributed by atoms with Crippen LogP contribution >= 0.6 is 0 Å². The Balaban J connectivity index is 4.26. The van der Waals surface area contributed by atoms with E-state index in [0.717, 1.165) is 103 Å². The molecule has 6 heteroatoms. The molecular weight excluding hydrogens is 985 g/mol. The number of unbranched alkanes of at least 4 members (excludes halogenated alkanes) is 41. The van der Waals surface area contributed by atoms with Gasteiger partial charge in [-0.2, -0.15) is 0 Å². The van der Waals surface area contributed by atoms with E-state index in [1.165, 1.54) is 218 Å². The van der Waals surface area contributed by atoms with Crippen molar-refractivity contribution in [2.75, 3.05) is 13.2 Å². The van der Waals surface area contributed by atoms with Gasteiger partial charge in [0.1, 0.15) is 13.2 Å². The van der Waals surface area contributed by atoms with Crippen molar-refractivity contribution in [3.63, 3.8) is 0 Å². The van der Waals surface area contributed by atoms with Crippen LogP contribution in [0.4, 0.5) is 0 Å². The van der Waals surface area contributed by atoms with Gasteiger partial charge in [-0.15, -0.1) is 0 Å². The van der Waals surface area contributed by atoms with Gasteiger partial charge >= 0.3 is 17.9 Å². The fraction of sp³-hybridized carbons (Fsp3) is 0.797. The SMILES string of the molecule is CC/C=C\C/C=C\C/C=C\C/C=C\C/C=C\C/C=C\CCCCCCCCCCC(=O)OCC(COC(=O)CCCCCCCCCCCCCC)OC(=O)CCCCCCCCCCCCCCCCCCCCCCCCC. The van der Waals surface area contributed by atoms with Gasteiger partial charge < -0.3 is 14.2 Å². The van der Waals surface area contributed by atoms with Gasteiger partial charge in [-0.3, -0.25) is 14.4 Å².